The molecule has 0 bridgehead atoms. The fraction of sp³-hybridized carbons (Fsp3) is 0.652. The van der Waals surface area contributed by atoms with Crippen LogP contribution in [0.1, 0.15) is 46.0 Å². The number of hydrogen-bond acceptors (Lipinski definition) is 5. The Balaban J connectivity index is 1.54. The number of carbonyl (C=O) groups excluding carboxylic acids is 2. The van der Waals surface area contributed by atoms with Crippen LogP contribution in [0.15, 0.2) is 24.3 Å². The number of ether oxygens (including phenoxy) is 3. The Hall–Kier alpha value is -2.12. The number of hydrogen-bond donors (Lipinski definition) is 1. The molecule has 1 heterocycles. The molecule has 7 heteroatoms. The van der Waals surface area contributed by atoms with E-state index in [9.17, 15) is 9.59 Å². The first-order valence-corrected chi connectivity index (χ1v) is 11.1. The lowest BCUT2D eigenvalue weighted by Gasteiger charge is -2.38. The van der Waals surface area contributed by atoms with Crippen molar-refractivity contribution in [2.75, 3.05) is 44.8 Å². The molecule has 1 saturated heterocycles. The normalized spacial score (nSPS) is 24.3. The van der Waals surface area contributed by atoms with Gasteiger partial charge in [0.05, 0.1) is 13.2 Å². The van der Waals surface area contributed by atoms with Crippen LogP contribution in [-0.4, -0.2) is 61.8 Å². The third-order valence-corrected chi connectivity index (χ3v) is 5.79. The Kier molecular flexibility index (Phi) is 8.10. The fourth-order valence-corrected chi connectivity index (χ4v) is 4.13. The predicted octanol–water partition coefficient (Wildman–Crippen LogP) is 3.24. The summed E-state index contributed by atoms with van der Waals surface area (Å²) in [5, 5.41) is 3.02. The Morgan fingerprint density at radius 3 is 2.63 bits per heavy atom. The summed E-state index contributed by atoms with van der Waals surface area (Å²) < 4.78 is 17.0. The fourth-order valence-electron chi connectivity index (χ4n) is 4.13. The second kappa shape index (κ2) is 10.8. The first kappa shape index (κ1) is 22.6. The maximum absolute atomic E-state index is 13.1. The minimum Gasteiger partial charge on any atom is -0.484 e. The van der Waals surface area contributed by atoms with Crippen molar-refractivity contribution in [1.29, 1.82) is 0 Å². The second-order valence-corrected chi connectivity index (χ2v) is 8.30. The minimum atomic E-state index is -0.743. The van der Waals surface area contributed by atoms with Crippen molar-refractivity contribution in [2.24, 2.45) is 5.92 Å². The number of amides is 2. The summed E-state index contributed by atoms with van der Waals surface area (Å²) in [4.78, 5) is 27.0. The van der Waals surface area contributed by atoms with Gasteiger partial charge in [-0.2, -0.15) is 0 Å². The van der Waals surface area contributed by atoms with Crippen molar-refractivity contribution in [2.45, 2.75) is 51.6 Å². The van der Waals surface area contributed by atoms with Crippen LogP contribution in [0.5, 0.6) is 5.75 Å². The van der Waals surface area contributed by atoms with Gasteiger partial charge in [-0.25, -0.2) is 0 Å². The topological polar surface area (TPSA) is 77.1 Å². The zero-order chi connectivity index (χ0) is 21.4. The number of morpholine rings is 1. The maximum atomic E-state index is 13.1. The Labute approximate surface area is 179 Å². The van der Waals surface area contributed by atoms with Crippen LogP contribution in [0.3, 0.4) is 0 Å². The molecule has 1 aliphatic carbocycles. The lowest BCUT2D eigenvalue weighted by molar-refractivity contribution is -0.148. The van der Waals surface area contributed by atoms with Crippen LogP contribution in [0.4, 0.5) is 5.69 Å². The smallest absolute Gasteiger partial charge is 0.260 e. The summed E-state index contributed by atoms with van der Waals surface area (Å²) in [6, 6.07) is 7.13. The van der Waals surface area contributed by atoms with Crippen molar-refractivity contribution >= 4 is 17.5 Å². The molecule has 0 unspecified atom stereocenters. The average Bonchev–Trinajstić information content (AvgIpc) is 2.77. The van der Waals surface area contributed by atoms with Gasteiger partial charge in [-0.15, -0.1) is 0 Å². The molecule has 1 saturated carbocycles. The highest BCUT2D eigenvalue weighted by Gasteiger charge is 2.42. The monoisotopic (exact) mass is 418 g/mol. The standard InChI is InChI=1S/C23H34N2O5/c1-3-13-30-23(10-4-5-18(2)16-23)22(27)24-19-6-8-20(9-7-19)29-17-21(26)25-11-14-28-15-12-25/h6-9,18H,3-5,10-17H2,1-2H3,(H,24,27)/t18-,23-/m1/s1. The molecular weight excluding hydrogens is 384 g/mol. The zero-order valence-corrected chi connectivity index (χ0v) is 18.2. The summed E-state index contributed by atoms with van der Waals surface area (Å²) >= 11 is 0. The van der Waals surface area contributed by atoms with E-state index in [2.05, 4.69) is 19.2 Å². The molecule has 2 aliphatic rings. The van der Waals surface area contributed by atoms with E-state index in [-0.39, 0.29) is 18.4 Å². The van der Waals surface area contributed by atoms with Crippen LogP contribution in [0, 0.1) is 5.92 Å². The molecule has 0 spiro atoms. The van der Waals surface area contributed by atoms with Crippen LogP contribution in [0.2, 0.25) is 0 Å². The largest absolute Gasteiger partial charge is 0.484 e. The number of benzene rings is 1. The number of nitrogens with zero attached hydrogens (tertiary/aromatic N) is 1. The predicted molar refractivity (Wildman–Crippen MR) is 115 cm³/mol. The zero-order valence-electron chi connectivity index (χ0n) is 18.2. The van der Waals surface area contributed by atoms with Crippen molar-refractivity contribution < 1.29 is 23.8 Å². The van der Waals surface area contributed by atoms with Gasteiger partial charge >= 0.3 is 0 Å². The van der Waals surface area contributed by atoms with Crippen LogP contribution >= 0.6 is 0 Å². The number of carbonyl (C=O) groups is 2. The Morgan fingerprint density at radius 2 is 1.97 bits per heavy atom. The number of nitrogens with one attached hydrogen (secondary N) is 1. The molecule has 2 atom stereocenters. The van der Waals surface area contributed by atoms with Gasteiger partial charge in [0.2, 0.25) is 0 Å². The summed E-state index contributed by atoms with van der Waals surface area (Å²) in [5.74, 6) is 0.953. The summed E-state index contributed by atoms with van der Waals surface area (Å²) in [6.07, 6.45) is 4.54. The molecule has 2 amide bonds. The Morgan fingerprint density at radius 1 is 1.23 bits per heavy atom. The van der Waals surface area contributed by atoms with Gasteiger partial charge in [0.15, 0.2) is 6.61 Å². The summed E-state index contributed by atoms with van der Waals surface area (Å²) in [5.41, 5.74) is -0.0440. The van der Waals surface area contributed by atoms with Crippen molar-refractivity contribution in [1.82, 2.24) is 4.90 Å². The van der Waals surface area contributed by atoms with Crippen molar-refractivity contribution in [3.63, 3.8) is 0 Å². The van der Waals surface area contributed by atoms with E-state index in [0.29, 0.717) is 50.3 Å². The molecule has 1 aliphatic heterocycles. The summed E-state index contributed by atoms with van der Waals surface area (Å²) in [7, 11) is 0. The molecule has 0 aromatic heterocycles. The highest BCUT2D eigenvalue weighted by atomic mass is 16.5. The molecule has 3 rings (SSSR count). The van der Waals surface area contributed by atoms with E-state index < -0.39 is 5.60 Å². The molecule has 1 aromatic carbocycles. The van der Waals surface area contributed by atoms with Gasteiger partial charge < -0.3 is 24.4 Å². The molecular formula is C23H34N2O5. The van der Waals surface area contributed by atoms with Crippen molar-refractivity contribution in [3.05, 3.63) is 24.3 Å². The van der Waals surface area contributed by atoms with Gasteiger partial charge in [-0.1, -0.05) is 20.3 Å². The first-order valence-electron chi connectivity index (χ1n) is 11.1. The van der Waals surface area contributed by atoms with Gasteiger partial charge in [0.1, 0.15) is 11.4 Å². The van der Waals surface area contributed by atoms with Gasteiger partial charge in [-0.3, -0.25) is 9.59 Å². The van der Waals surface area contributed by atoms with Crippen LogP contribution in [-0.2, 0) is 19.1 Å². The van der Waals surface area contributed by atoms with E-state index in [1.807, 2.05) is 0 Å². The lowest BCUT2D eigenvalue weighted by Crippen LogP contribution is -2.48. The Bertz CT molecular complexity index is 702. The van der Waals surface area contributed by atoms with Crippen LogP contribution < -0.4 is 10.1 Å². The van der Waals surface area contributed by atoms with Gasteiger partial charge in [-0.05, 0) is 55.9 Å². The van der Waals surface area contributed by atoms with E-state index >= 15 is 0 Å². The van der Waals surface area contributed by atoms with E-state index in [4.69, 9.17) is 14.2 Å². The minimum absolute atomic E-state index is 0.00242. The van der Waals surface area contributed by atoms with Gasteiger partial charge in [0, 0.05) is 25.4 Å². The molecule has 1 aromatic rings. The van der Waals surface area contributed by atoms with E-state index in [0.717, 1.165) is 32.1 Å². The first-order chi connectivity index (χ1) is 14.5. The molecule has 2 fully saturated rings. The van der Waals surface area contributed by atoms with Gasteiger partial charge in [0.25, 0.3) is 11.8 Å². The highest BCUT2D eigenvalue weighted by Crippen LogP contribution is 2.36. The lowest BCUT2D eigenvalue weighted by atomic mass is 9.78. The molecule has 0 radical (unpaired) electrons. The number of anilines is 1. The quantitative estimate of drug-likeness (QED) is 0.701. The third-order valence-electron chi connectivity index (χ3n) is 5.79. The average molecular weight is 419 g/mol. The highest BCUT2D eigenvalue weighted by molar-refractivity contribution is 5.97. The molecule has 30 heavy (non-hydrogen) atoms. The van der Waals surface area contributed by atoms with Crippen LogP contribution in [0.25, 0.3) is 0 Å². The van der Waals surface area contributed by atoms with Crippen molar-refractivity contribution in [3.8, 4) is 5.75 Å². The second-order valence-electron chi connectivity index (χ2n) is 8.30. The molecule has 166 valence electrons. The molecule has 7 nitrogen and oxygen atoms in total. The summed E-state index contributed by atoms with van der Waals surface area (Å²) in [6.45, 7) is 7.18. The maximum Gasteiger partial charge on any atom is 0.260 e. The van der Waals surface area contributed by atoms with E-state index in [1.165, 1.54) is 0 Å². The third kappa shape index (κ3) is 5.95. The molecule has 1 N–H and O–H groups in total. The number of rotatable bonds is 8. The SMILES string of the molecule is CCCO[C@]1(C(=O)Nc2ccc(OCC(=O)N3CCOCC3)cc2)CCC[C@@H](C)C1. The van der Waals surface area contributed by atoms with E-state index in [1.54, 1.807) is 29.2 Å².